The molecule has 0 atom stereocenters. The summed E-state index contributed by atoms with van der Waals surface area (Å²) < 4.78 is 38.0. The van der Waals surface area contributed by atoms with Gasteiger partial charge in [0.05, 0.1) is 11.3 Å². The van der Waals surface area contributed by atoms with Crippen molar-refractivity contribution >= 4 is 21.6 Å². The first-order valence-corrected chi connectivity index (χ1v) is 5.71. The van der Waals surface area contributed by atoms with Crippen LogP contribution >= 0.6 is 15.9 Å². The van der Waals surface area contributed by atoms with E-state index in [1.54, 1.807) is 6.07 Å². The van der Waals surface area contributed by atoms with Gasteiger partial charge in [0.25, 0.3) is 0 Å². The molecule has 1 aromatic carbocycles. The molecule has 0 bridgehead atoms. The number of halogens is 4. The molecule has 0 spiro atoms. The molecule has 0 fully saturated rings. The maximum atomic E-state index is 12.6. The third-order valence-corrected chi connectivity index (χ3v) is 2.83. The first-order valence-electron chi connectivity index (χ1n) is 4.91. The van der Waals surface area contributed by atoms with Crippen LogP contribution in [0.1, 0.15) is 5.56 Å². The molecule has 0 aliphatic carbocycles. The number of nitrogens with zero attached hydrogens (tertiary/aromatic N) is 3. The van der Waals surface area contributed by atoms with E-state index in [1.165, 1.54) is 12.1 Å². The molecule has 100 valence electrons. The highest BCUT2D eigenvalue weighted by molar-refractivity contribution is 9.10. The van der Waals surface area contributed by atoms with Crippen LogP contribution in [0.3, 0.4) is 0 Å². The van der Waals surface area contributed by atoms with E-state index in [0.29, 0.717) is 0 Å². The molecule has 0 saturated carbocycles. The Balaban J connectivity index is 3.30. The van der Waals surface area contributed by atoms with Crippen molar-refractivity contribution < 1.29 is 13.2 Å². The second kappa shape index (κ2) is 6.10. The van der Waals surface area contributed by atoms with Crippen molar-refractivity contribution in [2.75, 3.05) is 5.32 Å². The smallest absolute Gasteiger partial charge is 0.344 e. The van der Waals surface area contributed by atoms with E-state index in [1.807, 2.05) is 0 Å². The Labute approximate surface area is 120 Å². The number of alkyl halides is 3. The molecule has 0 radical (unpaired) electrons. The van der Waals surface area contributed by atoms with Gasteiger partial charge in [-0.25, -0.2) is 0 Å². The Bertz CT molecular complexity index is 671. The minimum atomic E-state index is -4.54. The summed E-state index contributed by atoms with van der Waals surface area (Å²) >= 11 is 3.02. The summed E-state index contributed by atoms with van der Waals surface area (Å²) in [5.74, 6) is 0. The fourth-order valence-electron chi connectivity index (χ4n) is 1.22. The van der Waals surface area contributed by atoms with Crippen molar-refractivity contribution in [3.05, 3.63) is 39.5 Å². The maximum absolute atomic E-state index is 12.6. The summed E-state index contributed by atoms with van der Waals surface area (Å²) in [7, 11) is 0. The summed E-state index contributed by atoms with van der Waals surface area (Å²) in [6.45, 7) is 0. The molecule has 1 rings (SSSR count). The van der Waals surface area contributed by atoms with Crippen molar-refractivity contribution in [3.8, 4) is 18.2 Å². The van der Waals surface area contributed by atoms with Crippen molar-refractivity contribution in [2.45, 2.75) is 6.18 Å². The monoisotopic (exact) mass is 340 g/mol. The van der Waals surface area contributed by atoms with Crippen molar-refractivity contribution in [3.63, 3.8) is 0 Å². The molecule has 0 unspecified atom stereocenters. The molecular weight excluding hydrogens is 337 g/mol. The Morgan fingerprint density at radius 1 is 1.10 bits per heavy atom. The van der Waals surface area contributed by atoms with Gasteiger partial charge >= 0.3 is 6.18 Å². The normalized spacial score (nSPS) is 9.85. The van der Waals surface area contributed by atoms with Crippen LogP contribution in [-0.2, 0) is 6.18 Å². The number of rotatable bonds is 2. The number of nitriles is 3. The summed E-state index contributed by atoms with van der Waals surface area (Å²) in [5, 5.41) is 28.5. The first kappa shape index (κ1) is 15.6. The van der Waals surface area contributed by atoms with E-state index < -0.39 is 23.0 Å². The summed E-state index contributed by atoms with van der Waals surface area (Å²) in [6.07, 6.45) is -4.54. The van der Waals surface area contributed by atoms with E-state index in [2.05, 4.69) is 21.2 Å². The number of hydrogen-bond acceptors (Lipinski definition) is 4. The highest BCUT2D eigenvalue weighted by Crippen LogP contribution is 2.34. The van der Waals surface area contributed by atoms with E-state index in [4.69, 9.17) is 15.8 Å². The van der Waals surface area contributed by atoms with Crippen LogP contribution in [0.2, 0.25) is 0 Å². The van der Waals surface area contributed by atoms with E-state index >= 15 is 0 Å². The number of benzene rings is 1. The fourth-order valence-corrected chi connectivity index (χ4v) is 1.56. The molecule has 0 saturated heterocycles. The molecule has 0 aliphatic rings. The van der Waals surface area contributed by atoms with Crippen molar-refractivity contribution in [1.29, 1.82) is 15.8 Å². The minimum absolute atomic E-state index is 0.0700. The third kappa shape index (κ3) is 3.50. The van der Waals surface area contributed by atoms with Crippen LogP contribution in [-0.4, -0.2) is 0 Å². The maximum Gasteiger partial charge on any atom is 0.416 e. The highest BCUT2D eigenvalue weighted by Gasteiger charge is 2.31. The third-order valence-electron chi connectivity index (χ3n) is 2.14. The second-order valence-electron chi connectivity index (χ2n) is 3.40. The lowest BCUT2D eigenvalue weighted by atomic mass is 10.1. The van der Waals surface area contributed by atoms with E-state index in [0.717, 1.165) is 18.2 Å². The predicted octanol–water partition coefficient (Wildman–Crippen LogP) is 3.70. The topological polar surface area (TPSA) is 83.4 Å². The molecule has 0 aliphatic heterocycles. The predicted molar refractivity (Wildman–Crippen MR) is 66.6 cm³/mol. The molecule has 1 aromatic rings. The van der Waals surface area contributed by atoms with Crippen LogP contribution in [0.5, 0.6) is 0 Å². The molecule has 20 heavy (non-hydrogen) atoms. The largest absolute Gasteiger partial charge is 0.416 e. The van der Waals surface area contributed by atoms with E-state index in [-0.39, 0.29) is 10.2 Å². The molecule has 1 N–H and O–H groups in total. The lowest BCUT2D eigenvalue weighted by Crippen LogP contribution is -2.07. The lowest BCUT2D eigenvalue weighted by Gasteiger charge is -2.11. The summed E-state index contributed by atoms with van der Waals surface area (Å²) in [6, 6.07) is 7.31. The number of hydrogen-bond donors (Lipinski definition) is 1. The number of anilines is 1. The second-order valence-corrected chi connectivity index (χ2v) is 4.26. The quantitative estimate of drug-likeness (QED) is 0.832. The van der Waals surface area contributed by atoms with Gasteiger partial charge in [0.1, 0.15) is 23.9 Å². The van der Waals surface area contributed by atoms with Crippen LogP contribution in [0.25, 0.3) is 0 Å². The minimum Gasteiger partial charge on any atom is -0.344 e. The molecule has 4 nitrogen and oxygen atoms in total. The highest BCUT2D eigenvalue weighted by atomic mass is 79.9. The zero-order chi connectivity index (χ0) is 15.3. The molecule has 0 amide bonds. The molecule has 0 aromatic heterocycles. The lowest BCUT2D eigenvalue weighted by molar-refractivity contribution is -0.137. The van der Waals surface area contributed by atoms with Crippen molar-refractivity contribution in [2.24, 2.45) is 0 Å². The van der Waals surface area contributed by atoms with Gasteiger partial charge in [-0.05, 0) is 34.1 Å². The summed E-state index contributed by atoms with van der Waals surface area (Å²) in [5.41, 5.74) is -1.93. The van der Waals surface area contributed by atoms with Gasteiger partial charge in [-0.15, -0.1) is 0 Å². The number of nitrogens with one attached hydrogen (secondary N) is 1. The van der Waals surface area contributed by atoms with Gasteiger partial charge in [-0.1, -0.05) is 0 Å². The Morgan fingerprint density at radius 2 is 1.70 bits per heavy atom. The van der Waals surface area contributed by atoms with Crippen LogP contribution in [0, 0.1) is 34.0 Å². The molecule has 0 heterocycles. The fraction of sp³-hybridized carbons (Fsp3) is 0.0833. The average Bonchev–Trinajstić information content (AvgIpc) is 2.39. The van der Waals surface area contributed by atoms with Crippen LogP contribution < -0.4 is 5.32 Å². The van der Waals surface area contributed by atoms with Gasteiger partial charge in [-0.2, -0.15) is 29.0 Å². The Kier molecular flexibility index (Phi) is 4.74. The average molecular weight is 341 g/mol. The first-order chi connectivity index (χ1) is 9.33. The Morgan fingerprint density at radius 3 is 2.15 bits per heavy atom. The zero-order valence-electron chi connectivity index (χ0n) is 9.59. The van der Waals surface area contributed by atoms with E-state index in [9.17, 15) is 13.2 Å². The van der Waals surface area contributed by atoms with Crippen LogP contribution in [0.4, 0.5) is 18.9 Å². The SMILES string of the molecule is N#CC(C#N)=C(C#N)Nc1cc(C(F)(F)F)ccc1Br. The Hall–Kier alpha value is -2.50. The van der Waals surface area contributed by atoms with Gasteiger partial charge in [0.15, 0.2) is 5.57 Å². The standard InChI is InChI=1S/C12H4BrF3N4/c13-9-2-1-8(12(14,15)16)3-10(9)20-11(6-19)7(4-17)5-18/h1-3,20H. The van der Waals surface area contributed by atoms with Gasteiger partial charge < -0.3 is 5.32 Å². The van der Waals surface area contributed by atoms with Gasteiger partial charge in [0, 0.05) is 4.47 Å². The summed E-state index contributed by atoms with van der Waals surface area (Å²) in [4.78, 5) is 0. The van der Waals surface area contributed by atoms with Crippen molar-refractivity contribution in [1.82, 2.24) is 0 Å². The molecular formula is C12H4BrF3N4. The van der Waals surface area contributed by atoms with Gasteiger partial charge in [0.2, 0.25) is 0 Å². The number of allylic oxidation sites excluding steroid dienone is 2. The van der Waals surface area contributed by atoms with Crippen LogP contribution in [0.15, 0.2) is 33.9 Å². The zero-order valence-corrected chi connectivity index (χ0v) is 11.2. The molecule has 8 heteroatoms. The van der Waals surface area contributed by atoms with Gasteiger partial charge in [-0.3, -0.25) is 0 Å².